The van der Waals surface area contributed by atoms with Crippen molar-refractivity contribution in [3.05, 3.63) is 84.1 Å². The van der Waals surface area contributed by atoms with Gasteiger partial charge < -0.3 is 5.32 Å². The highest BCUT2D eigenvalue weighted by Gasteiger charge is 2.31. The van der Waals surface area contributed by atoms with E-state index in [4.69, 9.17) is 4.99 Å². The third kappa shape index (κ3) is 3.94. The second-order valence-corrected chi connectivity index (χ2v) is 6.55. The van der Waals surface area contributed by atoms with Gasteiger partial charge in [-0.05, 0) is 38.3 Å². The summed E-state index contributed by atoms with van der Waals surface area (Å²) in [7, 11) is 1.91. The lowest BCUT2D eigenvalue weighted by Crippen LogP contribution is -2.31. The average molecular weight is 320 g/mol. The van der Waals surface area contributed by atoms with Crippen LogP contribution in [0, 0.1) is 0 Å². The van der Waals surface area contributed by atoms with Crippen molar-refractivity contribution < 1.29 is 0 Å². The molecule has 0 bridgehead atoms. The van der Waals surface area contributed by atoms with Crippen molar-refractivity contribution in [1.29, 1.82) is 0 Å². The number of nitrogens with zero attached hydrogens (tertiary/aromatic N) is 1. The number of likely N-dealkylation sites (N-methyl/N-ethyl adjacent to an activating group) is 1. The molecule has 126 valence electrons. The molecule has 0 radical (unpaired) electrons. The lowest BCUT2D eigenvalue weighted by molar-refractivity contribution is 0.526. The van der Waals surface area contributed by atoms with E-state index in [1.807, 2.05) is 13.1 Å². The van der Waals surface area contributed by atoms with Crippen LogP contribution in [0.5, 0.6) is 0 Å². The molecule has 0 spiro atoms. The van der Waals surface area contributed by atoms with Crippen molar-refractivity contribution in [1.82, 2.24) is 5.32 Å². The molecule has 0 aromatic heterocycles. The molecule has 1 heterocycles. The zero-order valence-corrected chi connectivity index (χ0v) is 15.1. The summed E-state index contributed by atoms with van der Waals surface area (Å²) in [4.78, 5) is 4.92. The first-order chi connectivity index (χ1) is 11.5. The number of hydrogen-bond acceptors (Lipinski definition) is 2. The normalized spacial score (nSPS) is 18.9. The Hall–Kier alpha value is -2.35. The third-order valence-electron chi connectivity index (χ3n) is 4.44. The Kier molecular flexibility index (Phi) is 5.97. The molecule has 24 heavy (non-hydrogen) atoms. The predicted octanol–water partition coefficient (Wildman–Crippen LogP) is 5.16. The van der Waals surface area contributed by atoms with E-state index in [-0.39, 0.29) is 6.04 Å². The maximum Gasteiger partial charge on any atom is 0.0963 e. The fourth-order valence-corrected chi connectivity index (χ4v) is 3.30. The molecular formula is C22H28N2. The summed E-state index contributed by atoms with van der Waals surface area (Å²) in [6, 6.07) is 8.52. The van der Waals surface area contributed by atoms with Crippen LogP contribution in [0.2, 0.25) is 0 Å². The van der Waals surface area contributed by atoms with Crippen LogP contribution in [-0.4, -0.2) is 18.8 Å². The lowest BCUT2D eigenvalue weighted by Gasteiger charge is -2.32. The molecule has 0 saturated heterocycles. The molecule has 1 N–H and O–H groups in total. The summed E-state index contributed by atoms with van der Waals surface area (Å²) in [5, 5.41) is 3.19. The van der Waals surface area contributed by atoms with Gasteiger partial charge in [-0.25, -0.2) is 0 Å². The standard InChI is InChI=1S/C22H28N2/c1-7-21-19-11-9-8-10-18(19)20(22(24-21)17(5)23-6)13-12-16(4)14-15(2)3/h7-11,14,20,22-23H,1,4-5,12-13H2,2-3,6H3. The summed E-state index contributed by atoms with van der Waals surface area (Å²) in [5.41, 5.74) is 6.86. The van der Waals surface area contributed by atoms with Gasteiger partial charge in [-0.3, -0.25) is 4.99 Å². The van der Waals surface area contributed by atoms with Crippen LogP contribution in [0.4, 0.5) is 0 Å². The second kappa shape index (κ2) is 7.96. The van der Waals surface area contributed by atoms with Crippen LogP contribution < -0.4 is 5.32 Å². The zero-order valence-electron chi connectivity index (χ0n) is 15.1. The van der Waals surface area contributed by atoms with E-state index in [1.54, 1.807) is 0 Å². The molecule has 1 aromatic rings. The summed E-state index contributed by atoms with van der Waals surface area (Å²) in [6.07, 6.45) is 5.96. The molecular weight excluding hydrogens is 292 g/mol. The van der Waals surface area contributed by atoms with Crippen molar-refractivity contribution in [2.75, 3.05) is 7.05 Å². The SMILES string of the molecule is C=CC1=NC(C(=C)NC)C(CCC(=C)C=C(C)C)c2ccccc21. The highest BCUT2D eigenvalue weighted by atomic mass is 14.9. The number of hydrogen-bond donors (Lipinski definition) is 1. The Bertz CT molecular complexity index is 702. The minimum atomic E-state index is 0.0254. The Labute approximate surface area is 146 Å². The van der Waals surface area contributed by atoms with Gasteiger partial charge in [-0.1, -0.05) is 61.2 Å². The van der Waals surface area contributed by atoms with Crippen molar-refractivity contribution in [2.24, 2.45) is 4.99 Å². The van der Waals surface area contributed by atoms with E-state index in [0.29, 0.717) is 5.92 Å². The largest absolute Gasteiger partial charge is 0.390 e. The molecule has 1 aliphatic heterocycles. The smallest absolute Gasteiger partial charge is 0.0963 e. The van der Waals surface area contributed by atoms with E-state index in [9.17, 15) is 0 Å². The third-order valence-corrected chi connectivity index (χ3v) is 4.44. The second-order valence-electron chi connectivity index (χ2n) is 6.55. The van der Waals surface area contributed by atoms with Crippen molar-refractivity contribution in [2.45, 2.75) is 38.6 Å². The van der Waals surface area contributed by atoms with Gasteiger partial charge >= 0.3 is 0 Å². The van der Waals surface area contributed by atoms with E-state index >= 15 is 0 Å². The molecule has 2 rings (SSSR count). The number of allylic oxidation sites excluding steroid dienone is 4. The molecule has 0 aliphatic carbocycles. The van der Waals surface area contributed by atoms with E-state index in [2.05, 4.69) is 69.2 Å². The minimum absolute atomic E-state index is 0.0254. The summed E-state index contributed by atoms with van der Waals surface area (Å²) in [5.74, 6) is 0.298. The van der Waals surface area contributed by atoms with Gasteiger partial charge in [0.15, 0.2) is 0 Å². The van der Waals surface area contributed by atoms with Gasteiger partial charge in [0.25, 0.3) is 0 Å². The summed E-state index contributed by atoms with van der Waals surface area (Å²) >= 11 is 0. The van der Waals surface area contributed by atoms with E-state index < -0.39 is 0 Å². The Balaban J connectivity index is 2.36. The summed E-state index contributed by atoms with van der Waals surface area (Å²) < 4.78 is 0. The minimum Gasteiger partial charge on any atom is -0.390 e. The maximum absolute atomic E-state index is 4.92. The maximum atomic E-state index is 4.92. The van der Waals surface area contributed by atoms with Gasteiger partial charge in [0.1, 0.15) is 0 Å². The number of rotatable bonds is 7. The molecule has 1 aliphatic rings. The van der Waals surface area contributed by atoms with E-state index in [0.717, 1.165) is 24.3 Å². The number of aliphatic imine (C=N–C) groups is 1. The first kappa shape index (κ1) is 18.0. The first-order valence-electron chi connectivity index (χ1n) is 8.46. The summed E-state index contributed by atoms with van der Waals surface area (Å²) in [6.45, 7) is 16.5. The Morgan fingerprint density at radius 1 is 1.25 bits per heavy atom. The average Bonchev–Trinajstić information content (AvgIpc) is 2.57. The number of nitrogens with one attached hydrogen (secondary N) is 1. The monoisotopic (exact) mass is 320 g/mol. The predicted molar refractivity (Wildman–Crippen MR) is 106 cm³/mol. The van der Waals surface area contributed by atoms with Crippen molar-refractivity contribution in [3.63, 3.8) is 0 Å². The molecule has 2 unspecified atom stereocenters. The van der Waals surface area contributed by atoms with Crippen LogP contribution in [0.25, 0.3) is 0 Å². The van der Waals surface area contributed by atoms with Crippen LogP contribution in [0.15, 0.2) is 78.0 Å². The Morgan fingerprint density at radius 2 is 1.96 bits per heavy atom. The van der Waals surface area contributed by atoms with Gasteiger partial charge in [0, 0.05) is 24.2 Å². The molecule has 0 amide bonds. The molecule has 2 nitrogen and oxygen atoms in total. The quantitative estimate of drug-likeness (QED) is 0.689. The van der Waals surface area contributed by atoms with Crippen LogP contribution in [-0.2, 0) is 0 Å². The van der Waals surface area contributed by atoms with Crippen molar-refractivity contribution in [3.8, 4) is 0 Å². The topological polar surface area (TPSA) is 24.4 Å². The van der Waals surface area contributed by atoms with Gasteiger partial charge in [-0.15, -0.1) is 0 Å². The van der Waals surface area contributed by atoms with Crippen LogP contribution >= 0.6 is 0 Å². The number of benzene rings is 1. The number of fused-ring (bicyclic) bond motifs is 1. The van der Waals surface area contributed by atoms with Crippen LogP contribution in [0.1, 0.15) is 43.7 Å². The van der Waals surface area contributed by atoms with Crippen molar-refractivity contribution >= 4 is 5.71 Å². The zero-order chi connectivity index (χ0) is 17.7. The lowest BCUT2D eigenvalue weighted by atomic mass is 9.79. The van der Waals surface area contributed by atoms with Crippen LogP contribution in [0.3, 0.4) is 0 Å². The fourth-order valence-electron chi connectivity index (χ4n) is 3.30. The highest BCUT2D eigenvalue weighted by molar-refractivity contribution is 6.10. The van der Waals surface area contributed by atoms with Gasteiger partial charge in [0.05, 0.1) is 11.8 Å². The molecule has 2 atom stereocenters. The van der Waals surface area contributed by atoms with Gasteiger partial charge in [0.2, 0.25) is 0 Å². The highest BCUT2D eigenvalue weighted by Crippen LogP contribution is 2.37. The molecule has 2 heteroatoms. The fraction of sp³-hybridized carbons (Fsp3) is 0.318. The molecule has 1 aromatic carbocycles. The molecule has 0 saturated carbocycles. The van der Waals surface area contributed by atoms with Gasteiger partial charge in [-0.2, -0.15) is 0 Å². The first-order valence-corrected chi connectivity index (χ1v) is 8.46. The van der Waals surface area contributed by atoms with E-state index in [1.165, 1.54) is 22.3 Å². The molecule has 0 fully saturated rings. The Morgan fingerprint density at radius 3 is 2.58 bits per heavy atom.